The van der Waals surface area contributed by atoms with E-state index in [0.717, 1.165) is 17.6 Å². The number of rotatable bonds is 4. The number of fused-ring (bicyclic) bond motifs is 1. The number of primary amides is 1. The minimum Gasteiger partial charge on any atom is -0.369 e. The Kier molecular flexibility index (Phi) is 4.75. The smallest absolute Gasteiger partial charge is 0.224 e. The van der Waals surface area contributed by atoms with E-state index in [2.05, 4.69) is 10.3 Å². The van der Waals surface area contributed by atoms with Crippen molar-refractivity contribution in [1.82, 2.24) is 24.8 Å². The Morgan fingerprint density at radius 3 is 2.83 bits per heavy atom. The van der Waals surface area contributed by atoms with Crippen molar-refractivity contribution in [3.63, 3.8) is 0 Å². The topological polar surface area (TPSA) is 97.3 Å². The Morgan fingerprint density at radius 2 is 2.04 bits per heavy atom. The lowest BCUT2D eigenvalue weighted by atomic mass is 10.1. The van der Waals surface area contributed by atoms with Crippen molar-refractivity contribution in [1.29, 1.82) is 0 Å². The van der Waals surface area contributed by atoms with Gasteiger partial charge in [0.1, 0.15) is 5.52 Å². The molecule has 1 fully saturated rings. The molecule has 2 N–H and O–H groups in total. The summed E-state index contributed by atoms with van der Waals surface area (Å²) in [5.41, 5.74) is 7.18. The van der Waals surface area contributed by atoms with Gasteiger partial charge < -0.3 is 15.5 Å². The molecule has 3 rings (SSSR count). The second-order valence-corrected chi connectivity index (χ2v) is 6.25. The molecule has 0 aliphatic carbocycles. The fourth-order valence-corrected chi connectivity index (χ4v) is 3.02. The van der Waals surface area contributed by atoms with E-state index >= 15 is 0 Å². The van der Waals surface area contributed by atoms with Crippen LogP contribution >= 0.6 is 0 Å². The van der Waals surface area contributed by atoms with E-state index in [4.69, 9.17) is 5.73 Å². The maximum atomic E-state index is 12.6. The molecule has 2 aromatic rings. The lowest BCUT2D eigenvalue weighted by Crippen LogP contribution is -2.40. The molecule has 128 valence electrons. The third-order valence-electron chi connectivity index (χ3n) is 4.44. The first-order valence-corrected chi connectivity index (χ1v) is 8.08. The van der Waals surface area contributed by atoms with Crippen molar-refractivity contribution in [2.75, 3.05) is 33.2 Å². The van der Waals surface area contributed by atoms with Crippen LogP contribution in [0.15, 0.2) is 24.3 Å². The summed E-state index contributed by atoms with van der Waals surface area (Å²) >= 11 is 0. The molecule has 8 heteroatoms. The zero-order valence-corrected chi connectivity index (χ0v) is 13.8. The van der Waals surface area contributed by atoms with Gasteiger partial charge in [-0.2, -0.15) is 0 Å². The second kappa shape index (κ2) is 6.96. The van der Waals surface area contributed by atoms with Crippen LogP contribution in [0, 0.1) is 5.92 Å². The number of carbonyl (C=O) groups excluding carboxylic acids is 2. The highest BCUT2D eigenvalue weighted by Gasteiger charge is 2.27. The standard InChI is InChI=1S/C16H22N6O2/c1-20-8-9-21(11-12(10-20)16(17)24)15(23)6-7-22-14-5-3-2-4-13(14)18-19-22/h2-5,12H,6-11H2,1H3,(H2,17,24)/t12-/m0/s1. The molecule has 24 heavy (non-hydrogen) atoms. The Hall–Kier alpha value is -2.48. The monoisotopic (exact) mass is 330 g/mol. The van der Waals surface area contributed by atoms with E-state index in [0.29, 0.717) is 32.6 Å². The molecule has 2 heterocycles. The Morgan fingerprint density at radius 1 is 1.25 bits per heavy atom. The molecule has 0 radical (unpaired) electrons. The number of nitrogens with zero attached hydrogens (tertiary/aromatic N) is 5. The number of para-hydroxylation sites is 1. The number of hydrogen-bond acceptors (Lipinski definition) is 5. The van der Waals surface area contributed by atoms with Gasteiger partial charge in [0.25, 0.3) is 0 Å². The van der Waals surface area contributed by atoms with Gasteiger partial charge in [-0.15, -0.1) is 5.10 Å². The van der Waals surface area contributed by atoms with Gasteiger partial charge in [0.05, 0.1) is 18.0 Å². The van der Waals surface area contributed by atoms with Gasteiger partial charge in [-0.1, -0.05) is 17.3 Å². The van der Waals surface area contributed by atoms with E-state index in [9.17, 15) is 9.59 Å². The zero-order valence-electron chi connectivity index (χ0n) is 13.8. The summed E-state index contributed by atoms with van der Waals surface area (Å²) in [4.78, 5) is 27.9. The van der Waals surface area contributed by atoms with E-state index in [-0.39, 0.29) is 17.7 Å². The molecule has 1 aliphatic rings. The van der Waals surface area contributed by atoms with Crippen LogP contribution in [0.25, 0.3) is 11.0 Å². The van der Waals surface area contributed by atoms with Gasteiger partial charge in [0.15, 0.2) is 0 Å². The SMILES string of the molecule is CN1CCN(C(=O)CCn2nnc3ccccc32)C[C@@H](C(N)=O)C1. The summed E-state index contributed by atoms with van der Waals surface area (Å²) in [5, 5.41) is 8.19. The van der Waals surface area contributed by atoms with Gasteiger partial charge in [-0.05, 0) is 19.2 Å². The van der Waals surface area contributed by atoms with E-state index in [1.165, 1.54) is 0 Å². The molecule has 0 bridgehead atoms. The van der Waals surface area contributed by atoms with Gasteiger partial charge in [-0.3, -0.25) is 9.59 Å². The average molecular weight is 330 g/mol. The highest BCUT2D eigenvalue weighted by molar-refractivity contribution is 5.80. The lowest BCUT2D eigenvalue weighted by molar-refractivity contribution is -0.132. The highest BCUT2D eigenvalue weighted by atomic mass is 16.2. The number of benzene rings is 1. The van der Waals surface area contributed by atoms with Crippen LogP contribution in [0.5, 0.6) is 0 Å². The van der Waals surface area contributed by atoms with Gasteiger partial charge in [0.2, 0.25) is 11.8 Å². The summed E-state index contributed by atoms with van der Waals surface area (Å²) in [5.74, 6) is -0.673. The lowest BCUT2D eigenvalue weighted by Gasteiger charge is -2.22. The Balaban J connectivity index is 1.64. The molecule has 1 atom stereocenters. The molecular weight excluding hydrogens is 308 g/mol. The molecule has 1 aromatic carbocycles. The van der Waals surface area contributed by atoms with Gasteiger partial charge in [0, 0.05) is 32.6 Å². The van der Waals surface area contributed by atoms with E-state index in [1.54, 1.807) is 9.58 Å². The quantitative estimate of drug-likeness (QED) is 0.830. The zero-order chi connectivity index (χ0) is 17.1. The van der Waals surface area contributed by atoms with Crippen LogP contribution in [0.1, 0.15) is 6.42 Å². The third kappa shape index (κ3) is 3.53. The molecule has 0 saturated carbocycles. The summed E-state index contributed by atoms with van der Waals surface area (Å²) < 4.78 is 1.74. The summed E-state index contributed by atoms with van der Waals surface area (Å²) in [6.07, 6.45) is 0.322. The van der Waals surface area contributed by atoms with Crippen LogP contribution in [0.3, 0.4) is 0 Å². The molecule has 0 spiro atoms. The third-order valence-corrected chi connectivity index (χ3v) is 4.44. The summed E-state index contributed by atoms with van der Waals surface area (Å²) in [6, 6.07) is 7.66. The minimum atomic E-state index is -0.358. The summed E-state index contributed by atoms with van der Waals surface area (Å²) in [7, 11) is 1.94. The summed E-state index contributed by atoms with van der Waals surface area (Å²) in [6.45, 7) is 2.79. The predicted octanol–water partition coefficient (Wildman–Crippen LogP) is -0.303. The van der Waals surface area contributed by atoms with Crippen LogP contribution in [-0.4, -0.2) is 69.8 Å². The van der Waals surface area contributed by atoms with Crippen molar-refractivity contribution in [2.24, 2.45) is 11.7 Å². The number of likely N-dealkylation sites (N-methyl/N-ethyl adjacent to an activating group) is 1. The molecule has 2 amide bonds. The molecule has 8 nitrogen and oxygen atoms in total. The van der Waals surface area contributed by atoms with E-state index < -0.39 is 0 Å². The van der Waals surface area contributed by atoms with Crippen LogP contribution in [-0.2, 0) is 16.1 Å². The number of carbonyl (C=O) groups is 2. The normalized spacial score (nSPS) is 19.4. The van der Waals surface area contributed by atoms with E-state index in [1.807, 2.05) is 36.2 Å². The molecular formula is C16H22N6O2. The number of amides is 2. The maximum absolute atomic E-state index is 12.6. The fourth-order valence-electron chi connectivity index (χ4n) is 3.02. The first kappa shape index (κ1) is 16.4. The molecule has 1 aromatic heterocycles. The van der Waals surface area contributed by atoms with Crippen molar-refractivity contribution in [2.45, 2.75) is 13.0 Å². The maximum Gasteiger partial charge on any atom is 0.224 e. The molecule has 0 unspecified atom stereocenters. The van der Waals surface area contributed by atoms with Crippen molar-refractivity contribution < 1.29 is 9.59 Å². The van der Waals surface area contributed by atoms with Gasteiger partial charge >= 0.3 is 0 Å². The highest BCUT2D eigenvalue weighted by Crippen LogP contribution is 2.12. The fraction of sp³-hybridized carbons (Fsp3) is 0.500. The number of aryl methyl sites for hydroxylation is 1. The molecule has 1 aliphatic heterocycles. The van der Waals surface area contributed by atoms with Crippen LogP contribution < -0.4 is 5.73 Å². The van der Waals surface area contributed by atoms with Crippen molar-refractivity contribution in [3.05, 3.63) is 24.3 Å². The number of hydrogen-bond donors (Lipinski definition) is 1. The van der Waals surface area contributed by atoms with Crippen LogP contribution in [0.2, 0.25) is 0 Å². The Bertz CT molecular complexity index is 743. The van der Waals surface area contributed by atoms with Crippen molar-refractivity contribution in [3.8, 4) is 0 Å². The van der Waals surface area contributed by atoms with Gasteiger partial charge in [-0.25, -0.2) is 4.68 Å². The average Bonchev–Trinajstić information content (AvgIpc) is 2.87. The van der Waals surface area contributed by atoms with Crippen molar-refractivity contribution >= 4 is 22.8 Å². The Labute approximate surface area is 140 Å². The minimum absolute atomic E-state index is 0.0103. The number of aromatic nitrogens is 3. The number of nitrogens with two attached hydrogens (primary N) is 1. The first-order chi connectivity index (χ1) is 11.5. The molecule has 1 saturated heterocycles. The first-order valence-electron chi connectivity index (χ1n) is 8.08. The predicted molar refractivity (Wildman–Crippen MR) is 88.9 cm³/mol. The van der Waals surface area contributed by atoms with Crippen LogP contribution in [0.4, 0.5) is 0 Å². The largest absolute Gasteiger partial charge is 0.369 e. The second-order valence-electron chi connectivity index (χ2n) is 6.25.